The van der Waals surface area contributed by atoms with E-state index in [0.29, 0.717) is 0 Å². The van der Waals surface area contributed by atoms with Crippen LogP contribution < -0.4 is 10.2 Å². The average Bonchev–Trinajstić information content (AvgIpc) is 2.60. The van der Waals surface area contributed by atoms with Crippen LogP contribution in [-0.4, -0.2) is 23.1 Å². The second-order valence-electron chi connectivity index (χ2n) is 5.99. The van der Waals surface area contributed by atoms with Gasteiger partial charge >= 0.3 is 6.18 Å². The molecule has 0 atom stereocenters. The van der Waals surface area contributed by atoms with Gasteiger partial charge in [-0.25, -0.2) is 4.98 Å². The monoisotopic (exact) mass is 426 g/mol. The van der Waals surface area contributed by atoms with E-state index >= 15 is 0 Å². The van der Waals surface area contributed by atoms with Crippen molar-refractivity contribution < 1.29 is 13.2 Å². The van der Waals surface area contributed by atoms with Gasteiger partial charge in [-0.3, -0.25) is 0 Å². The van der Waals surface area contributed by atoms with E-state index < -0.39 is 11.7 Å². The third-order valence-corrected chi connectivity index (χ3v) is 4.72. The van der Waals surface area contributed by atoms with E-state index in [2.05, 4.69) is 49.1 Å². The predicted octanol–water partition coefficient (Wildman–Crippen LogP) is 5.63. The van der Waals surface area contributed by atoms with Gasteiger partial charge in [0.2, 0.25) is 5.95 Å². The Hall–Kier alpha value is -2.09. The molecule has 0 amide bonds. The first-order valence-electron chi connectivity index (χ1n) is 8.31. The number of halogens is 4. The highest BCUT2D eigenvalue weighted by Crippen LogP contribution is 2.37. The molecule has 8 heteroatoms. The molecule has 0 bridgehead atoms. The number of hydrogen-bond donors (Lipinski definition) is 1. The number of benzene rings is 1. The number of unbranched alkanes of at least 4 members (excludes halogenated alkanes) is 1. The minimum Gasteiger partial charge on any atom is -0.352 e. The van der Waals surface area contributed by atoms with Gasteiger partial charge < -0.3 is 10.2 Å². The Morgan fingerprint density at radius 2 is 2.12 bits per heavy atom. The average molecular weight is 427 g/mol. The smallest absolute Gasteiger partial charge is 0.352 e. The van der Waals surface area contributed by atoms with Crippen LogP contribution in [0.2, 0.25) is 0 Å². The Balaban J connectivity index is 1.87. The van der Waals surface area contributed by atoms with Crippen molar-refractivity contribution in [3.8, 4) is 0 Å². The lowest BCUT2D eigenvalue weighted by Crippen LogP contribution is -2.28. The van der Waals surface area contributed by atoms with Gasteiger partial charge in [0.1, 0.15) is 5.82 Å². The summed E-state index contributed by atoms with van der Waals surface area (Å²) in [7, 11) is 0. The lowest BCUT2D eigenvalue weighted by molar-refractivity contribution is -0.138. The van der Waals surface area contributed by atoms with Crippen LogP contribution in [0.25, 0.3) is 6.08 Å². The van der Waals surface area contributed by atoms with Crippen LogP contribution in [0.3, 0.4) is 0 Å². The molecule has 1 aliphatic rings. The molecular weight excluding hydrogens is 409 g/mol. The molecule has 1 aromatic carbocycles. The molecular formula is C18H18BrF3N4. The second kappa shape index (κ2) is 7.65. The van der Waals surface area contributed by atoms with Crippen molar-refractivity contribution >= 4 is 39.5 Å². The molecule has 1 aliphatic heterocycles. The molecule has 0 unspecified atom stereocenters. The lowest BCUT2D eigenvalue weighted by Gasteiger charge is -2.26. The molecule has 138 valence electrons. The van der Waals surface area contributed by atoms with Gasteiger partial charge in [0.15, 0.2) is 0 Å². The summed E-state index contributed by atoms with van der Waals surface area (Å²) in [4.78, 5) is 10.9. The molecule has 2 heterocycles. The zero-order valence-corrected chi connectivity index (χ0v) is 15.7. The van der Waals surface area contributed by atoms with Gasteiger partial charge in [0.05, 0.1) is 5.56 Å². The molecule has 0 saturated heterocycles. The first-order valence-corrected chi connectivity index (χ1v) is 9.10. The van der Waals surface area contributed by atoms with Gasteiger partial charge in [0.25, 0.3) is 0 Å². The van der Waals surface area contributed by atoms with Crippen molar-refractivity contribution in [2.45, 2.75) is 25.9 Å². The highest BCUT2D eigenvalue weighted by molar-refractivity contribution is 9.10. The van der Waals surface area contributed by atoms with Crippen molar-refractivity contribution in [2.24, 2.45) is 0 Å². The summed E-state index contributed by atoms with van der Waals surface area (Å²) in [6, 6.07) is 3.96. The van der Waals surface area contributed by atoms with E-state index in [4.69, 9.17) is 0 Å². The molecule has 2 aromatic rings. The van der Waals surface area contributed by atoms with E-state index in [9.17, 15) is 13.2 Å². The summed E-state index contributed by atoms with van der Waals surface area (Å²) in [5.74, 6) is 1.07. The van der Waals surface area contributed by atoms with Gasteiger partial charge in [-0.2, -0.15) is 18.2 Å². The summed E-state index contributed by atoms with van der Waals surface area (Å²) in [5, 5.41) is 2.88. The molecule has 1 N–H and O–H groups in total. The van der Waals surface area contributed by atoms with Crippen molar-refractivity contribution in [2.75, 3.05) is 23.3 Å². The fourth-order valence-corrected chi connectivity index (χ4v) is 3.17. The lowest BCUT2D eigenvalue weighted by atomic mass is 10.2. The third-order valence-electron chi connectivity index (χ3n) is 4.03. The zero-order valence-electron chi connectivity index (χ0n) is 14.1. The topological polar surface area (TPSA) is 41.1 Å². The standard InChI is InChI=1S/C18H18BrF3N4/c1-2-3-8-26-9-4-5-12-11-23-17(25-16(12)26)24-13-6-7-15(19)14(10-13)18(20,21)22/h4-7,10-11H,2-3,8-9H2,1H3,(H,23,24,25). The summed E-state index contributed by atoms with van der Waals surface area (Å²) >= 11 is 2.94. The third kappa shape index (κ3) is 4.17. The van der Waals surface area contributed by atoms with Gasteiger partial charge in [0, 0.05) is 35.0 Å². The Morgan fingerprint density at radius 3 is 2.85 bits per heavy atom. The minimum atomic E-state index is -4.44. The van der Waals surface area contributed by atoms with Crippen molar-refractivity contribution in [3.63, 3.8) is 0 Å². The number of rotatable bonds is 5. The molecule has 3 rings (SSSR count). The fraction of sp³-hybridized carbons (Fsp3) is 0.333. The maximum absolute atomic E-state index is 13.1. The van der Waals surface area contributed by atoms with Crippen molar-refractivity contribution in [1.82, 2.24) is 9.97 Å². The number of nitrogens with zero attached hydrogens (tertiary/aromatic N) is 3. The Morgan fingerprint density at radius 1 is 1.31 bits per heavy atom. The number of fused-ring (bicyclic) bond motifs is 1. The SMILES string of the molecule is CCCCN1CC=Cc2cnc(Nc3ccc(Br)c(C(F)(F)F)c3)nc21. The Labute approximate surface area is 158 Å². The molecule has 0 aliphatic carbocycles. The maximum atomic E-state index is 13.1. The number of nitrogens with one attached hydrogen (secondary N) is 1. The van der Waals surface area contributed by atoms with Crippen molar-refractivity contribution in [3.05, 3.63) is 46.1 Å². The van der Waals surface area contributed by atoms with Gasteiger partial charge in [-0.1, -0.05) is 41.4 Å². The summed E-state index contributed by atoms with van der Waals surface area (Å²) in [5.41, 5.74) is 0.449. The molecule has 26 heavy (non-hydrogen) atoms. The van der Waals surface area contributed by atoms with E-state index in [1.165, 1.54) is 6.07 Å². The number of aromatic nitrogens is 2. The molecule has 0 radical (unpaired) electrons. The number of hydrogen-bond acceptors (Lipinski definition) is 4. The number of anilines is 3. The summed E-state index contributed by atoms with van der Waals surface area (Å²) < 4.78 is 39.2. The van der Waals surface area contributed by atoms with Crippen LogP contribution in [-0.2, 0) is 6.18 Å². The molecule has 0 fully saturated rings. The Kier molecular flexibility index (Phi) is 5.50. The van der Waals surface area contributed by atoms with Crippen LogP contribution in [0.1, 0.15) is 30.9 Å². The Bertz CT molecular complexity index is 821. The van der Waals surface area contributed by atoms with Crippen LogP contribution in [0.15, 0.2) is 34.9 Å². The van der Waals surface area contributed by atoms with Crippen molar-refractivity contribution in [1.29, 1.82) is 0 Å². The molecule has 1 aromatic heterocycles. The number of alkyl halides is 3. The van der Waals surface area contributed by atoms with Crippen LogP contribution in [0.5, 0.6) is 0 Å². The quantitative estimate of drug-likeness (QED) is 0.671. The van der Waals surface area contributed by atoms with E-state index in [1.54, 1.807) is 12.3 Å². The fourth-order valence-electron chi connectivity index (χ4n) is 2.70. The predicted molar refractivity (Wildman–Crippen MR) is 101 cm³/mol. The molecule has 0 spiro atoms. The maximum Gasteiger partial charge on any atom is 0.417 e. The van der Waals surface area contributed by atoms with E-state index in [0.717, 1.165) is 43.4 Å². The highest BCUT2D eigenvalue weighted by atomic mass is 79.9. The first kappa shape index (κ1) is 18.7. The summed E-state index contributed by atoms with van der Waals surface area (Å²) in [6.45, 7) is 3.76. The van der Waals surface area contributed by atoms with E-state index in [1.807, 2.05) is 6.08 Å². The first-order chi connectivity index (χ1) is 12.4. The van der Waals surface area contributed by atoms with Gasteiger partial charge in [-0.05, 0) is 24.6 Å². The molecule has 4 nitrogen and oxygen atoms in total. The second-order valence-corrected chi connectivity index (χ2v) is 6.85. The highest BCUT2D eigenvalue weighted by Gasteiger charge is 2.33. The van der Waals surface area contributed by atoms with E-state index in [-0.39, 0.29) is 16.1 Å². The normalized spacial score (nSPS) is 13.7. The van der Waals surface area contributed by atoms with Crippen LogP contribution >= 0.6 is 15.9 Å². The largest absolute Gasteiger partial charge is 0.417 e. The minimum absolute atomic E-state index is 0.00205. The zero-order chi connectivity index (χ0) is 18.7. The molecule has 0 saturated carbocycles. The summed E-state index contributed by atoms with van der Waals surface area (Å²) in [6.07, 6.45) is 3.38. The van der Waals surface area contributed by atoms with Crippen LogP contribution in [0, 0.1) is 0 Å². The van der Waals surface area contributed by atoms with Gasteiger partial charge in [-0.15, -0.1) is 0 Å². The van der Waals surface area contributed by atoms with Crippen LogP contribution in [0.4, 0.5) is 30.6 Å².